The third-order valence-corrected chi connectivity index (χ3v) is 2.49. The molecule has 0 saturated carbocycles. The topological polar surface area (TPSA) is 86.4 Å². The van der Waals surface area contributed by atoms with Gasteiger partial charge in [0.25, 0.3) is 0 Å². The molecule has 0 fully saturated rings. The Balaban J connectivity index is -0.000000448. The van der Waals surface area contributed by atoms with Gasteiger partial charge in [-0.05, 0) is 19.3 Å². The highest BCUT2D eigenvalue weighted by molar-refractivity contribution is 5.58. The Morgan fingerprint density at radius 1 is 1.00 bits per heavy atom. The van der Waals surface area contributed by atoms with Crippen molar-refractivity contribution in [2.45, 2.75) is 44.9 Å². The molecule has 1 amide bonds. The first-order valence-electron chi connectivity index (χ1n) is 6.67. The number of carbonyl (C=O) groups is 1. The number of quaternary nitrogens is 1. The van der Waals surface area contributed by atoms with Crippen molar-refractivity contribution in [2.75, 3.05) is 34.3 Å². The minimum Gasteiger partial charge on any atom is -1.00 e. The predicted octanol–water partition coefficient (Wildman–Crippen LogP) is -2.29. The third kappa shape index (κ3) is 38.1. The SMILES string of the molecule is C[N+](C)(C)CCCCCCCCCO.NC(=O)[O-].[Cl-]. The highest BCUT2D eigenvalue weighted by atomic mass is 35.5. The highest BCUT2D eigenvalue weighted by Gasteiger charge is 2.04. The van der Waals surface area contributed by atoms with Gasteiger partial charge >= 0.3 is 0 Å². The first-order chi connectivity index (χ1) is 8.29. The number of nitrogens with two attached hydrogens (primary N) is 1. The summed E-state index contributed by atoms with van der Waals surface area (Å²) in [5, 5.41) is 17.3. The molecule has 0 aliphatic heterocycles. The summed E-state index contributed by atoms with van der Waals surface area (Å²) in [6.45, 7) is 1.65. The van der Waals surface area contributed by atoms with Gasteiger partial charge in [-0.2, -0.15) is 0 Å². The number of primary amides is 1. The van der Waals surface area contributed by atoms with E-state index in [0.717, 1.165) is 10.9 Å². The number of unbranched alkanes of at least 4 members (excludes halogenated alkanes) is 6. The van der Waals surface area contributed by atoms with E-state index in [0.29, 0.717) is 6.61 Å². The largest absolute Gasteiger partial charge is 1.00 e. The second-order valence-corrected chi connectivity index (χ2v) is 5.53. The Kier molecular flexibility index (Phi) is 19.3. The smallest absolute Gasteiger partial charge is 0.131 e. The fraction of sp³-hybridized carbons (Fsp3) is 0.923. The van der Waals surface area contributed by atoms with Gasteiger partial charge in [0.1, 0.15) is 6.09 Å². The Morgan fingerprint density at radius 2 is 1.32 bits per heavy atom. The van der Waals surface area contributed by atoms with Crippen molar-refractivity contribution in [3.05, 3.63) is 0 Å². The molecule has 0 rings (SSSR count). The van der Waals surface area contributed by atoms with Crippen LogP contribution < -0.4 is 23.2 Å². The Morgan fingerprint density at radius 3 is 1.63 bits per heavy atom. The molecule has 3 N–H and O–H groups in total. The molecule has 0 aliphatic rings. The average Bonchev–Trinajstić information content (AvgIpc) is 2.19. The number of aliphatic hydroxyl groups is 1. The number of carboxylic acid groups (broad SMARTS) is 1. The summed E-state index contributed by atoms with van der Waals surface area (Å²) in [7, 11) is 6.75. The number of aliphatic hydroxyl groups excluding tert-OH is 1. The Bertz CT molecular complexity index is 193. The van der Waals surface area contributed by atoms with Crippen LogP contribution in [0.15, 0.2) is 0 Å². The Labute approximate surface area is 123 Å². The molecule has 19 heavy (non-hydrogen) atoms. The van der Waals surface area contributed by atoms with E-state index in [4.69, 9.17) is 15.0 Å². The van der Waals surface area contributed by atoms with E-state index < -0.39 is 6.09 Å². The molecule has 0 heterocycles. The minimum atomic E-state index is -1.58. The molecule has 0 spiro atoms. The van der Waals surface area contributed by atoms with Gasteiger partial charge in [0, 0.05) is 6.61 Å². The molecule has 6 heteroatoms. The van der Waals surface area contributed by atoms with Crippen LogP contribution in [0.2, 0.25) is 0 Å². The zero-order valence-electron chi connectivity index (χ0n) is 12.5. The van der Waals surface area contributed by atoms with Crippen LogP contribution in [-0.4, -0.2) is 50.0 Å². The van der Waals surface area contributed by atoms with Crippen LogP contribution >= 0.6 is 0 Å². The summed E-state index contributed by atoms with van der Waals surface area (Å²) in [4.78, 5) is 8.67. The molecule has 5 nitrogen and oxygen atoms in total. The summed E-state index contributed by atoms with van der Waals surface area (Å²) in [6, 6.07) is 0. The lowest BCUT2D eigenvalue weighted by Crippen LogP contribution is -3.00. The second-order valence-electron chi connectivity index (χ2n) is 5.53. The third-order valence-electron chi connectivity index (χ3n) is 2.49. The predicted molar refractivity (Wildman–Crippen MR) is 71.9 cm³/mol. The number of hydrogen-bond donors (Lipinski definition) is 2. The van der Waals surface area contributed by atoms with Crippen LogP contribution in [0.5, 0.6) is 0 Å². The van der Waals surface area contributed by atoms with Crippen molar-refractivity contribution in [1.82, 2.24) is 0 Å². The van der Waals surface area contributed by atoms with Crippen molar-refractivity contribution >= 4 is 6.09 Å². The van der Waals surface area contributed by atoms with Gasteiger partial charge in [-0.25, -0.2) is 0 Å². The second kappa shape index (κ2) is 15.5. The van der Waals surface area contributed by atoms with Crippen LogP contribution in [0.1, 0.15) is 44.9 Å². The van der Waals surface area contributed by atoms with Crippen LogP contribution in [0.4, 0.5) is 4.79 Å². The standard InChI is InChI=1S/C12H28NO.CH3NO2.ClH/c1-13(2,3)11-9-7-5-4-6-8-10-12-14;2-1(3)4;/h14H,4-12H2,1-3H3;2H2,(H,3,4);1H/q+1;;/p-2. The lowest BCUT2D eigenvalue weighted by Gasteiger charge is -2.23. The zero-order valence-corrected chi connectivity index (χ0v) is 13.3. The monoisotopic (exact) mass is 297 g/mol. The van der Waals surface area contributed by atoms with E-state index in [9.17, 15) is 0 Å². The number of halogens is 1. The summed E-state index contributed by atoms with van der Waals surface area (Å²) in [5.41, 5.74) is 3.92. The van der Waals surface area contributed by atoms with Crippen molar-refractivity contribution in [2.24, 2.45) is 5.73 Å². The van der Waals surface area contributed by atoms with E-state index in [1.165, 1.54) is 45.1 Å². The first kappa shape index (κ1) is 23.6. The van der Waals surface area contributed by atoms with Gasteiger partial charge in [-0.15, -0.1) is 0 Å². The number of hydrogen-bond acceptors (Lipinski definition) is 3. The van der Waals surface area contributed by atoms with E-state index in [1.54, 1.807) is 0 Å². The van der Waals surface area contributed by atoms with Crippen molar-refractivity contribution < 1.29 is 31.9 Å². The van der Waals surface area contributed by atoms with Gasteiger partial charge < -0.3 is 37.6 Å². The van der Waals surface area contributed by atoms with Crippen LogP contribution in [0.25, 0.3) is 0 Å². The van der Waals surface area contributed by atoms with Crippen LogP contribution in [0.3, 0.4) is 0 Å². The zero-order chi connectivity index (χ0) is 14.4. The molecular weight excluding hydrogens is 268 g/mol. The van der Waals surface area contributed by atoms with Crippen LogP contribution in [0, 0.1) is 0 Å². The van der Waals surface area contributed by atoms with Gasteiger partial charge in [0.05, 0.1) is 27.7 Å². The summed E-state index contributed by atoms with van der Waals surface area (Å²) in [5.74, 6) is 0. The number of nitrogens with zero attached hydrogens (tertiary/aromatic N) is 1. The molecule has 0 aromatic heterocycles. The highest BCUT2D eigenvalue weighted by Crippen LogP contribution is 2.08. The van der Waals surface area contributed by atoms with Crippen molar-refractivity contribution in [3.8, 4) is 0 Å². The molecule has 0 bridgehead atoms. The van der Waals surface area contributed by atoms with E-state index in [1.807, 2.05) is 0 Å². The van der Waals surface area contributed by atoms with Crippen molar-refractivity contribution in [3.63, 3.8) is 0 Å². The van der Waals surface area contributed by atoms with E-state index in [-0.39, 0.29) is 12.4 Å². The van der Waals surface area contributed by atoms with Gasteiger partial charge in [0.2, 0.25) is 0 Å². The molecule has 0 radical (unpaired) electrons. The summed E-state index contributed by atoms with van der Waals surface area (Å²) < 4.78 is 1.09. The number of carbonyl (C=O) groups excluding carboxylic acids is 1. The van der Waals surface area contributed by atoms with Crippen molar-refractivity contribution in [1.29, 1.82) is 0 Å². The summed E-state index contributed by atoms with van der Waals surface area (Å²) in [6.07, 6.45) is 7.33. The fourth-order valence-corrected chi connectivity index (χ4v) is 1.58. The minimum absolute atomic E-state index is 0. The maximum atomic E-state index is 8.67. The van der Waals surface area contributed by atoms with E-state index in [2.05, 4.69) is 26.9 Å². The molecular formula is C13H30ClN2O3-. The Hall–Kier alpha value is -0.520. The normalized spacial score (nSPS) is 10.1. The maximum absolute atomic E-state index is 8.67. The number of rotatable bonds is 9. The summed E-state index contributed by atoms with van der Waals surface area (Å²) >= 11 is 0. The van der Waals surface area contributed by atoms with Crippen LogP contribution in [-0.2, 0) is 0 Å². The molecule has 0 aromatic rings. The molecule has 0 saturated heterocycles. The molecule has 0 atom stereocenters. The fourth-order valence-electron chi connectivity index (χ4n) is 1.58. The lowest BCUT2D eigenvalue weighted by atomic mass is 10.1. The average molecular weight is 298 g/mol. The molecule has 0 unspecified atom stereocenters. The van der Waals surface area contributed by atoms with Gasteiger partial charge in [-0.3, -0.25) is 0 Å². The quantitative estimate of drug-likeness (QED) is 0.371. The van der Waals surface area contributed by atoms with Gasteiger partial charge in [-0.1, -0.05) is 25.7 Å². The molecule has 118 valence electrons. The van der Waals surface area contributed by atoms with Gasteiger partial charge in [0.15, 0.2) is 0 Å². The number of amides is 1. The van der Waals surface area contributed by atoms with E-state index >= 15 is 0 Å². The molecule has 0 aliphatic carbocycles. The molecule has 0 aromatic carbocycles. The lowest BCUT2D eigenvalue weighted by molar-refractivity contribution is -0.870. The first-order valence-corrected chi connectivity index (χ1v) is 6.67. The maximum Gasteiger partial charge on any atom is 0.131 e.